The minimum atomic E-state index is 0.618. The Bertz CT molecular complexity index is 524. The molecule has 0 radical (unpaired) electrons. The van der Waals surface area contributed by atoms with Gasteiger partial charge >= 0.3 is 0 Å². The lowest BCUT2D eigenvalue weighted by Gasteiger charge is -2.34. The second kappa shape index (κ2) is 4.48. The lowest BCUT2D eigenvalue weighted by molar-refractivity contribution is 0.218. The maximum atomic E-state index is 4.59. The Balaban J connectivity index is 1.83. The van der Waals surface area contributed by atoms with Crippen LogP contribution in [0, 0.1) is 12.8 Å². The molecule has 0 aliphatic heterocycles. The van der Waals surface area contributed by atoms with Crippen LogP contribution >= 0.6 is 0 Å². The van der Waals surface area contributed by atoms with Gasteiger partial charge in [0.25, 0.3) is 0 Å². The van der Waals surface area contributed by atoms with Gasteiger partial charge in [0.15, 0.2) is 0 Å². The Morgan fingerprint density at radius 1 is 1.22 bits per heavy atom. The Morgan fingerprint density at radius 3 is 2.61 bits per heavy atom. The first kappa shape index (κ1) is 11.3. The largest absolute Gasteiger partial charge is 0.326 e. The van der Waals surface area contributed by atoms with Gasteiger partial charge < -0.3 is 9.88 Å². The van der Waals surface area contributed by atoms with Crippen molar-refractivity contribution >= 4 is 11.6 Å². The standard InChI is InChI=1S/C15H19N3/c1-11-8-14(9-11)18-10-12(2)16-15(18)17-13-6-4-3-5-7-13/h3-7,10-11,14H,8-9H2,1-2H3,(H,16,17). The molecule has 0 spiro atoms. The molecule has 3 rings (SSSR count). The van der Waals surface area contributed by atoms with E-state index in [2.05, 4.69) is 47.0 Å². The maximum Gasteiger partial charge on any atom is 0.207 e. The average Bonchev–Trinajstić information content (AvgIpc) is 2.67. The van der Waals surface area contributed by atoms with Gasteiger partial charge in [-0.15, -0.1) is 0 Å². The van der Waals surface area contributed by atoms with Crippen LogP contribution in [-0.2, 0) is 0 Å². The number of para-hydroxylation sites is 1. The highest BCUT2D eigenvalue weighted by molar-refractivity contribution is 5.53. The van der Waals surface area contributed by atoms with Crippen LogP contribution in [0.4, 0.5) is 11.6 Å². The summed E-state index contributed by atoms with van der Waals surface area (Å²) in [5.41, 5.74) is 2.17. The first-order chi connectivity index (χ1) is 8.72. The summed E-state index contributed by atoms with van der Waals surface area (Å²) in [6.45, 7) is 4.36. The molecule has 18 heavy (non-hydrogen) atoms. The first-order valence-electron chi connectivity index (χ1n) is 6.60. The van der Waals surface area contributed by atoms with Crippen molar-refractivity contribution in [1.29, 1.82) is 0 Å². The van der Waals surface area contributed by atoms with Crippen LogP contribution in [0.1, 0.15) is 31.5 Å². The average molecular weight is 241 g/mol. The van der Waals surface area contributed by atoms with Crippen molar-refractivity contribution in [2.24, 2.45) is 5.92 Å². The summed E-state index contributed by atoms with van der Waals surface area (Å²) in [6.07, 6.45) is 4.68. The number of nitrogens with one attached hydrogen (secondary N) is 1. The number of aromatic nitrogens is 2. The fourth-order valence-electron chi connectivity index (χ4n) is 2.62. The lowest BCUT2D eigenvalue weighted by Crippen LogP contribution is -2.25. The summed E-state index contributed by atoms with van der Waals surface area (Å²) in [5.74, 6) is 1.82. The van der Waals surface area contributed by atoms with Gasteiger partial charge in [-0.3, -0.25) is 0 Å². The van der Waals surface area contributed by atoms with Crippen LogP contribution in [0.2, 0.25) is 0 Å². The minimum Gasteiger partial charge on any atom is -0.326 e. The lowest BCUT2D eigenvalue weighted by atomic mass is 9.82. The Morgan fingerprint density at radius 2 is 1.94 bits per heavy atom. The highest BCUT2D eigenvalue weighted by Gasteiger charge is 2.28. The monoisotopic (exact) mass is 241 g/mol. The third kappa shape index (κ3) is 2.13. The first-order valence-corrected chi connectivity index (χ1v) is 6.60. The number of aryl methyl sites for hydroxylation is 1. The molecule has 3 heteroatoms. The molecule has 1 aliphatic rings. The summed E-state index contributed by atoms with van der Waals surface area (Å²) in [4.78, 5) is 4.59. The summed E-state index contributed by atoms with van der Waals surface area (Å²) >= 11 is 0. The summed E-state index contributed by atoms with van der Waals surface area (Å²) in [5, 5.41) is 3.41. The van der Waals surface area contributed by atoms with Crippen LogP contribution in [0.25, 0.3) is 0 Å². The molecule has 1 fully saturated rings. The molecule has 1 aromatic heterocycles. The van der Waals surface area contributed by atoms with Gasteiger partial charge in [0.05, 0.1) is 5.69 Å². The summed E-state index contributed by atoms with van der Waals surface area (Å²) in [6, 6.07) is 10.8. The number of anilines is 2. The third-order valence-corrected chi connectivity index (χ3v) is 3.62. The second-order valence-corrected chi connectivity index (χ2v) is 5.33. The van der Waals surface area contributed by atoms with E-state index in [1.54, 1.807) is 0 Å². The van der Waals surface area contributed by atoms with E-state index in [0.29, 0.717) is 6.04 Å². The molecule has 1 aliphatic carbocycles. The van der Waals surface area contributed by atoms with E-state index < -0.39 is 0 Å². The van der Waals surface area contributed by atoms with E-state index in [9.17, 15) is 0 Å². The predicted molar refractivity (Wildman–Crippen MR) is 74.1 cm³/mol. The van der Waals surface area contributed by atoms with E-state index in [0.717, 1.165) is 23.2 Å². The van der Waals surface area contributed by atoms with Gasteiger partial charge in [-0.25, -0.2) is 4.98 Å². The molecule has 3 nitrogen and oxygen atoms in total. The van der Waals surface area contributed by atoms with Gasteiger partial charge in [0.2, 0.25) is 5.95 Å². The zero-order valence-corrected chi connectivity index (χ0v) is 10.9. The van der Waals surface area contributed by atoms with Gasteiger partial charge in [-0.2, -0.15) is 0 Å². The number of nitrogens with zero attached hydrogens (tertiary/aromatic N) is 2. The molecule has 0 amide bonds. The number of imidazole rings is 1. The van der Waals surface area contributed by atoms with Gasteiger partial charge in [0.1, 0.15) is 0 Å². The van der Waals surface area contributed by atoms with Crippen LogP contribution in [0.3, 0.4) is 0 Å². The Hall–Kier alpha value is -1.77. The van der Waals surface area contributed by atoms with Crippen LogP contribution in [-0.4, -0.2) is 9.55 Å². The summed E-state index contributed by atoms with van der Waals surface area (Å²) in [7, 11) is 0. The van der Waals surface area contributed by atoms with Crippen molar-refractivity contribution in [3.05, 3.63) is 42.2 Å². The number of benzene rings is 1. The SMILES string of the molecule is Cc1cn(C2CC(C)C2)c(Nc2ccccc2)n1. The maximum absolute atomic E-state index is 4.59. The van der Waals surface area contributed by atoms with Crippen molar-refractivity contribution in [1.82, 2.24) is 9.55 Å². The van der Waals surface area contributed by atoms with E-state index in [-0.39, 0.29) is 0 Å². The van der Waals surface area contributed by atoms with E-state index >= 15 is 0 Å². The molecular formula is C15H19N3. The van der Waals surface area contributed by atoms with E-state index in [4.69, 9.17) is 0 Å². The normalized spacial score (nSPS) is 22.6. The van der Waals surface area contributed by atoms with Crippen molar-refractivity contribution < 1.29 is 0 Å². The van der Waals surface area contributed by atoms with Crippen molar-refractivity contribution in [3.63, 3.8) is 0 Å². The highest BCUT2D eigenvalue weighted by atomic mass is 15.2. The number of rotatable bonds is 3. The van der Waals surface area contributed by atoms with Crippen molar-refractivity contribution in [2.75, 3.05) is 5.32 Å². The minimum absolute atomic E-state index is 0.618. The van der Waals surface area contributed by atoms with Crippen LogP contribution in [0.15, 0.2) is 36.5 Å². The fourth-order valence-corrected chi connectivity index (χ4v) is 2.62. The van der Waals surface area contributed by atoms with Gasteiger partial charge in [-0.1, -0.05) is 25.1 Å². The molecule has 0 unspecified atom stereocenters. The smallest absolute Gasteiger partial charge is 0.207 e. The van der Waals surface area contributed by atoms with E-state index in [1.165, 1.54) is 12.8 Å². The fraction of sp³-hybridized carbons (Fsp3) is 0.400. The molecule has 1 heterocycles. The number of hydrogen-bond acceptors (Lipinski definition) is 2. The Labute approximate surface area is 108 Å². The van der Waals surface area contributed by atoms with Crippen molar-refractivity contribution in [2.45, 2.75) is 32.7 Å². The molecule has 0 bridgehead atoms. The molecule has 2 aromatic rings. The quantitative estimate of drug-likeness (QED) is 0.883. The molecule has 1 N–H and O–H groups in total. The zero-order valence-electron chi connectivity index (χ0n) is 10.9. The topological polar surface area (TPSA) is 29.9 Å². The highest BCUT2D eigenvalue weighted by Crippen LogP contribution is 2.39. The molecule has 0 atom stereocenters. The predicted octanol–water partition coefficient (Wildman–Crippen LogP) is 3.91. The zero-order chi connectivity index (χ0) is 12.5. The Kier molecular flexibility index (Phi) is 2.82. The molecule has 0 saturated heterocycles. The molecule has 94 valence electrons. The number of hydrogen-bond donors (Lipinski definition) is 1. The van der Waals surface area contributed by atoms with Crippen LogP contribution < -0.4 is 5.32 Å². The van der Waals surface area contributed by atoms with Gasteiger partial charge in [0, 0.05) is 17.9 Å². The summed E-state index contributed by atoms with van der Waals surface area (Å²) < 4.78 is 2.29. The van der Waals surface area contributed by atoms with E-state index in [1.807, 2.05) is 18.2 Å². The van der Waals surface area contributed by atoms with Crippen LogP contribution in [0.5, 0.6) is 0 Å². The molecule has 1 aromatic carbocycles. The molecule has 1 saturated carbocycles. The van der Waals surface area contributed by atoms with Crippen molar-refractivity contribution in [3.8, 4) is 0 Å². The third-order valence-electron chi connectivity index (χ3n) is 3.62. The second-order valence-electron chi connectivity index (χ2n) is 5.33. The molecular weight excluding hydrogens is 222 g/mol. The van der Waals surface area contributed by atoms with Gasteiger partial charge in [-0.05, 0) is 37.8 Å².